The van der Waals surface area contributed by atoms with Crippen LogP contribution in [0.1, 0.15) is 69.7 Å². The highest BCUT2D eigenvalue weighted by Gasteiger charge is 2.29. The Bertz CT molecular complexity index is 1260. The molecule has 0 saturated heterocycles. The lowest BCUT2D eigenvalue weighted by molar-refractivity contribution is 0.0977. The Balaban J connectivity index is 1.45. The molecule has 5 nitrogen and oxygen atoms in total. The monoisotopic (exact) mass is 423 g/mol. The van der Waals surface area contributed by atoms with Gasteiger partial charge in [0.05, 0.1) is 0 Å². The van der Waals surface area contributed by atoms with Gasteiger partial charge in [0.25, 0.3) is 0 Å². The molecular weight excluding hydrogens is 398 g/mol. The van der Waals surface area contributed by atoms with E-state index in [2.05, 4.69) is 46.4 Å². The van der Waals surface area contributed by atoms with Gasteiger partial charge in [-0.3, -0.25) is 9.78 Å². The molecule has 0 spiro atoms. The van der Waals surface area contributed by atoms with Crippen molar-refractivity contribution in [1.82, 2.24) is 15.2 Å². The molecule has 32 heavy (non-hydrogen) atoms. The van der Waals surface area contributed by atoms with Gasteiger partial charge in [0.15, 0.2) is 5.78 Å². The standard InChI is InChI=1S/C27H25N3O2/c1-17-5-3-4-6-23(17)24(16-25(31)22-13-14-28-18(2)15-22)19-7-9-20(10-8-19)26-29-30-27(32-26)21-11-12-21/h3-10,13-15,21,24H,11-12,16H2,1-2H3/t24-/m1/s1. The van der Waals surface area contributed by atoms with Crippen molar-refractivity contribution in [2.45, 2.75) is 44.9 Å². The number of aromatic nitrogens is 3. The maximum Gasteiger partial charge on any atom is 0.247 e. The molecule has 1 aliphatic rings. The van der Waals surface area contributed by atoms with Crippen LogP contribution in [0, 0.1) is 13.8 Å². The summed E-state index contributed by atoms with van der Waals surface area (Å²) in [4.78, 5) is 17.4. The van der Waals surface area contributed by atoms with Crippen LogP contribution in [0.25, 0.3) is 11.5 Å². The third-order valence-corrected chi connectivity index (χ3v) is 6.10. The Morgan fingerprint density at radius 3 is 2.53 bits per heavy atom. The zero-order valence-electron chi connectivity index (χ0n) is 18.3. The quantitative estimate of drug-likeness (QED) is 0.339. The molecule has 0 radical (unpaired) electrons. The average molecular weight is 424 g/mol. The molecule has 0 unspecified atom stereocenters. The fourth-order valence-corrected chi connectivity index (χ4v) is 4.11. The lowest BCUT2D eigenvalue weighted by atomic mass is 9.83. The van der Waals surface area contributed by atoms with Gasteiger partial charge in [-0.25, -0.2) is 0 Å². The Morgan fingerprint density at radius 1 is 1.03 bits per heavy atom. The first-order valence-electron chi connectivity index (χ1n) is 11.0. The van der Waals surface area contributed by atoms with Crippen LogP contribution in [0.2, 0.25) is 0 Å². The predicted molar refractivity (Wildman–Crippen MR) is 123 cm³/mol. The number of ketones is 1. The van der Waals surface area contributed by atoms with Crippen molar-refractivity contribution in [2.75, 3.05) is 0 Å². The molecule has 5 heteroatoms. The van der Waals surface area contributed by atoms with Crippen LogP contribution in [0.5, 0.6) is 0 Å². The van der Waals surface area contributed by atoms with Crippen LogP contribution < -0.4 is 0 Å². The number of aryl methyl sites for hydroxylation is 2. The first kappa shape index (κ1) is 20.3. The number of pyridine rings is 1. The Kier molecular flexibility index (Phi) is 5.39. The molecule has 1 fully saturated rings. The second kappa shape index (κ2) is 8.50. The molecule has 0 N–H and O–H groups in total. The molecular formula is C27H25N3O2. The van der Waals surface area contributed by atoms with Gasteiger partial charge in [-0.1, -0.05) is 36.4 Å². The van der Waals surface area contributed by atoms with E-state index in [0.29, 0.717) is 23.8 Å². The Hall–Kier alpha value is -3.60. The van der Waals surface area contributed by atoms with Gasteiger partial charge in [0.1, 0.15) is 0 Å². The molecule has 0 aliphatic heterocycles. The topological polar surface area (TPSA) is 68.9 Å². The molecule has 0 amide bonds. The maximum atomic E-state index is 13.2. The van der Waals surface area contributed by atoms with Gasteiger partial charge in [-0.05, 0) is 67.6 Å². The second-order valence-electron chi connectivity index (χ2n) is 8.56. The minimum absolute atomic E-state index is 0.0454. The predicted octanol–water partition coefficient (Wildman–Crippen LogP) is 6.03. The molecule has 2 aromatic carbocycles. The Morgan fingerprint density at radius 2 is 1.81 bits per heavy atom. The molecule has 1 aliphatic carbocycles. The molecule has 1 saturated carbocycles. The van der Waals surface area contributed by atoms with Crippen LogP contribution in [-0.2, 0) is 0 Å². The summed E-state index contributed by atoms with van der Waals surface area (Å²) in [6.45, 7) is 4.00. The summed E-state index contributed by atoms with van der Waals surface area (Å²) in [6.07, 6.45) is 4.34. The largest absolute Gasteiger partial charge is 0.420 e. The summed E-state index contributed by atoms with van der Waals surface area (Å²) in [5.41, 5.74) is 5.86. The molecule has 2 heterocycles. The van der Waals surface area contributed by atoms with E-state index in [0.717, 1.165) is 41.1 Å². The highest BCUT2D eigenvalue weighted by atomic mass is 16.4. The molecule has 160 valence electrons. The van der Waals surface area contributed by atoms with Crippen LogP contribution in [0.15, 0.2) is 71.3 Å². The summed E-state index contributed by atoms with van der Waals surface area (Å²) in [7, 11) is 0. The van der Waals surface area contributed by atoms with Crippen molar-refractivity contribution in [3.63, 3.8) is 0 Å². The minimum atomic E-state index is -0.0454. The molecule has 2 aromatic heterocycles. The highest BCUT2D eigenvalue weighted by Crippen LogP contribution is 2.40. The normalized spacial score (nSPS) is 14.3. The maximum absolute atomic E-state index is 13.2. The van der Waals surface area contributed by atoms with Gasteiger partial charge in [0.2, 0.25) is 11.8 Å². The van der Waals surface area contributed by atoms with Crippen molar-refractivity contribution < 1.29 is 9.21 Å². The number of hydrogen-bond donors (Lipinski definition) is 0. The Labute approximate surface area is 187 Å². The third-order valence-electron chi connectivity index (χ3n) is 6.10. The van der Waals surface area contributed by atoms with E-state index >= 15 is 0 Å². The van der Waals surface area contributed by atoms with Crippen LogP contribution in [-0.4, -0.2) is 21.0 Å². The van der Waals surface area contributed by atoms with Crippen LogP contribution in [0.4, 0.5) is 0 Å². The van der Waals surface area contributed by atoms with E-state index in [-0.39, 0.29) is 11.7 Å². The fourth-order valence-electron chi connectivity index (χ4n) is 4.11. The first-order valence-corrected chi connectivity index (χ1v) is 11.0. The number of carbonyl (C=O) groups excluding carboxylic acids is 1. The third kappa shape index (κ3) is 4.24. The number of carbonyl (C=O) groups is 1. The van der Waals surface area contributed by atoms with E-state index in [1.807, 2.05) is 37.3 Å². The number of rotatable bonds is 7. The van der Waals surface area contributed by atoms with Gasteiger partial charge in [0, 0.05) is 41.3 Å². The van der Waals surface area contributed by atoms with Crippen molar-refractivity contribution in [3.8, 4) is 11.5 Å². The SMILES string of the molecule is Cc1cc(C(=O)C[C@H](c2ccc(-c3nnc(C4CC4)o3)cc2)c2ccccc2C)ccn1. The summed E-state index contributed by atoms with van der Waals surface area (Å²) < 4.78 is 5.85. The fraction of sp³-hybridized carbons (Fsp3) is 0.259. The zero-order valence-corrected chi connectivity index (χ0v) is 18.3. The van der Waals surface area contributed by atoms with Gasteiger partial charge >= 0.3 is 0 Å². The second-order valence-corrected chi connectivity index (χ2v) is 8.56. The molecule has 4 aromatic rings. The minimum Gasteiger partial charge on any atom is -0.420 e. The van der Waals surface area contributed by atoms with Crippen LogP contribution in [0.3, 0.4) is 0 Å². The van der Waals surface area contributed by atoms with Crippen molar-refractivity contribution in [2.24, 2.45) is 0 Å². The zero-order chi connectivity index (χ0) is 22.1. The number of benzene rings is 2. The lowest BCUT2D eigenvalue weighted by Crippen LogP contribution is -2.11. The van der Waals surface area contributed by atoms with Gasteiger partial charge < -0.3 is 4.42 Å². The summed E-state index contributed by atoms with van der Waals surface area (Å²) in [6, 6.07) is 20.1. The first-order chi connectivity index (χ1) is 15.6. The van der Waals surface area contributed by atoms with E-state index in [1.54, 1.807) is 12.3 Å². The van der Waals surface area contributed by atoms with E-state index in [1.165, 1.54) is 5.56 Å². The van der Waals surface area contributed by atoms with Gasteiger partial charge in [-0.15, -0.1) is 10.2 Å². The number of nitrogens with zero attached hydrogens (tertiary/aromatic N) is 3. The molecule has 5 rings (SSSR count). The summed E-state index contributed by atoms with van der Waals surface area (Å²) in [5.74, 6) is 1.79. The molecule has 0 bridgehead atoms. The van der Waals surface area contributed by atoms with Gasteiger partial charge in [-0.2, -0.15) is 0 Å². The van der Waals surface area contributed by atoms with Crippen LogP contribution >= 0.6 is 0 Å². The number of hydrogen-bond acceptors (Lipinski definition) is 5. The van der Waals surface area contributed by atoms with E-state index in [9.17, 15) is 4.79 Å². The summed E-state index contributed by atoms with van der Waals surface area (Å²) in [5, 5.41) is 8.40. The van der Waals surface area contributed by atoms with Crippen molar-refractivity contribution >= 4 is 5.78 Å². The number of Topliss-reactive ketones (excluding diaryl/α,β-unsaturated/α-hetero) is 1. The highest BCUT2D eigenvalue weighted by molar-refractivity contribution is 5.96. The van der Waals surface area contributed by atoms with E-state index < -0.39 is 0 Å². The smallest absolute Gasteiger partial charge is 0.247 e. The lowest BCUT2D eigenvalue weighted by Gasteiger charge is -2.20. The summed E-state index contributed by atoms with van der Waals surface area (Å²) >= 11 is 0. The van der Waals surface area contributed by atoms with E-state index in [4.69, 9.17) is 4.42 Å². The average Bonchev–Trinajstić information content (AvgIpc) is 3.54. The van der Waals surface area contributed by atoms with Crippen molar-refractivity contribution in [1.29, 1.82) is 0 Å². The molecule has 1 atom stereocenters. The van der Waals surface area contributed by atoms with Crippen molar-refractivity contribution in [3.05, 3.63) is 101 Å².